The highest BCUT2D eigenvalue weighted by Gasteiger charge is 2.24. The molecule has 0 N–H and O–H groups in total. The number of rotatable bonds is 4. The van der Waals surface area contributed by atoms with E-state index in [0.717, 1.165) is 23.2 Å². The number of para-hydroxylation sites is 1. The van der Waals surface area contributed by atoms with Crippen molar-refractivity contribution in [2.45, 2.75) is 19.4 Å². The van der Waals surface area contributed by atoms with Gasteiger partial charge in [-0.15, -0.1) is 0 Å². The largest absolute Gasteiger partial charge is 0.492 e. The van der Waals surface area contributed by atoms with Crippen LogP contribution in [0.25, 0.3) is 0 Å². The van der Waals surface area contributed by atoms with E-state index in [9.17, 15) is 0 Å². The fourth-order valence-electron chi connectivity index (χ4n) is 2.76. The van der Waals surface area contributed by atoms with Gasteiger partial charge in [0, 0.05) is 16.2 Å². The molecule has 1 heterocycles. The second-order valence-corrected chi connectivity index (χ2v) is 6.09. The summed E-state index contributed by atoms with van der Waals surface area (Å²) < 4.78 is 6.90. The number of anilines is 1. The van der Waals surface area contributed by atoms with Crippen molar-refractivity contribution in [3.05, 3.63) is 58.6 Å². The molecule has 1 aliphatic rings. The van der Waals surface area contributed by atoms with Crippen LogP contribution in [-0.4, -0.2) is 19.2 Å². The maximum absolute atomic E-state index is 5.82. The van der Waals surface area contributed by atoms with Crippen LogP contribution in [-0.2, 0) is 6.42 Å². The van der Waals surface area contributed by atoms with Crippen molar-refractivity contribution >= 4 is 21.6 Å². The molecule has 1 unspecified atom stereocenters. The Bertz CT molecular complexity index is 582. The monoisotopic (exact) mass is 331 g/mol. The van der Waals surface area contributed by atoms with Crippen molar-refractivity contribution in [1.29, 1.82) is 0 Å². The smallest absolute Gasteiger partial charge is 0.119 e. The van der Waals surface area contributed by atoms with Crippen LogP contribution in [0.5, 0.6) is 5.75 Å². The average molecular weight is 332 g/mol. The zero-order valence-corrected chi connectivity index (χ0v) is 13.1. The Labute approximate surface area is 128 Å². The summed E-state index contributed by atoms with van der Waals surface area (Å²) in [5.41, 5.74) is 2.81. The number of benzene rings is 2. The number of fused-ring (bicyclic) bond motifs is 1. The first kappa shape index (κ1) is 13.5. The van der Waals surface area contributed by atoms with Crippen LogP contribution in [0.4, 0.5) is 5.69 Å². The molecule has 2 nitrogen and oxygen atoms in total. The number of halogens is 1. The van der Waals surface area contributed by atoms with Gasteiger partial charge in [0.05, 0.1) is 6.54 Å². The van der Waals surface area contributed by atoms with Crippen molar-refractivity contribution < 1.29 is 4.74 Å². The molecule has 0 aromatic heterocycles. The van der Waals surface area contributed by atoms with Gasteiger partial charge in [0.1, 0.15) is 12.4 Å². The summed E-state index contributed by atoms with van der Waals surface area (Å²) in [4.78, 5) is 2.44. The van der Waals surface area contributed by atoms with Crippen molar-refractivity contribution in [1.82, 2.24) is 0 Å². The van der Waals surface area contributed by atoms with Crippen molar-refractivity contribution in [2.24, 2.45) is 0 Å². The first-order chi connectivity index (χ1) is 9.74. The molecule has 0 aliphatic carbocycles. The number of ether oxygens (including phenoxy) is 1. The summed E-state index contributed by atoms with van der Waals surface area (Å²) in [7, 11) is 0. The second kappa shape index (κ2) is 5.88. The maximum atomic E-state index is 5.82. The van der Waals surface area contributed by atoms with Gasteiger partial charge in [-0.1, -0.05) is 34.1 Å². The Morgan fingerprint density at radius 3 is 2.70 bits per heavy atom. The van der Waals surface area contributed by atoms with Crippen molar-refractivity contribution in [3.63, 3.8) is 0 Å². The third-order valence-corrected chi connectivity index (χ3v) is 4.29. The number of hydrogen-bond donors (Lipinski definition) is 0. The van der Waals surface area contributed by atoms with Gasteiger partial charge in [0.25, 0.3) is 0 Å². The van der Waals surface area contributed by atoms with Crippen molar-refractivity contribution in [2.75, 3.05) is 18.1 Å². The van der Waals surface area contributed by atoms with E-state index in [1.165, 1.54) is 11.3 Å². The number of hydrogen-bond acceptors (Lipinski definition) is 2. The van der Waals surface area contributed by atoms with E-state index in [-0.39, 0.29) is 0 Å². The number of nitrogens with zero attached hydrogens (tertiary/aromatic N) is 1. The van der Waals surface area contributed by atoms with Crippen molar-refractivity contribution in [3.8, 4) is 5.75 Å². The SMILES string of the molecule is CC1Cc2ccccc2N1CCOc1ccc(Br)cc1. The Morgan fingerprint density at radius 1 is 1.15 bits per heavy atom. The fraction of sp³-hybridized carbons (Fsp3) is 0.294. The molecule has 3 heteroatoms. The molecular weight excluding hydrogens is 314 g/mol. The molecule has 2 aromatic rings. The van der Waals surface area contributed by atoms with E-state index in [1.54, 1.807) is 0 Å². The lowest BCUT2D eigenvalue weighted by Gasteiger charge is -2.24. The average Bonchev–Trinajstić information content (AvgIpc) is 2.77. The Balaban J connectivity index is 1.60. The predicted octanol–water partition coefficient (Wildman–Crippen LogP) is 4.28. The first-order valence-corrected chi connectivity index (χ1v) is 7.76. The highest BCUT2D eigenvalue weighted by molar-refractivity contribution is 9.10. The molecule has 0 radical (unpaired) electrons. The normalized spacial score (nSPS) is 17.1. The molecule has 0 spiro atoms. The molecule has 3 rings (SSSR count). The van der Waals surface area contributed by atoms with Gasteiger partial charge in [-0.25, -0.2) is 0 Å². The highest BCUT2D eigenvalue weighted by atomic mass is 79.9. The molecule has 0 bridgehead atoms. The van der Waals surface area contributed by atoms with E-state index in [2.05, 4.69) is 52.0 Å². The summed E-state index contributed by atoms with van der Waals surface area (Å²) in [6, 6.07) is 17.2. The molecule has 104 valence electrons. The fourth-order valence-corrected chi connectivity index (χ4v) is 3.03. The van der Waals surface area contributed by atoms with Crippen LogP contribution in [0.1, 0.15) is 12.5 Å². The third-order valence-electron chi connectivity index (χ3n) is 3.76. The van der Waals surface area contributed by atoms with Gasteiger partial charge in [-0.2, -0.15) is 0 Å². The van der Waals surface area contributed by atoms with Crippen LogP contribution in [0.15, 0.2) is 53.0 Å². The Morgan fingerprint density at radius 2 is 1.90 bits per heavy atom. The van der Waals surface area contributed by atoms with Crippen LogP contribution in [0.2, 0.25) is 0 Å². The summed E-state index contributed by atoms with van der Waals surface area (Å²) >= 11 is 3.43. The lowest BCUT2D eigenvalue weighted by atomic mass is 10.1. The summed E-state index contributed by atoms with van der Waals surface area (Å²) in [5, 5.41) is 0. The van der Waals surface area contributed by atoms with E-state index in [0.29, 0.717) is 12.6 Å². The van der Waals surface area contributed by atoms with Gasteiger partial charge in [-0.3, -0.25) is 0 Å². The van der Waals surface area contributed by atoms with Gasteiger partial charge in [0.15, 0.2) is 0 Å². The molecule has 1 aliphatic heterocycles. The highest BCUT2D eigenvalue weighted by Crippen LogP contribution is 2.31. The Kier molecular flexibility index (Phi) is 3.97. The second-order valence-electron chi connectivity index (χ2n) is 5.18. The minimum Gasteiger partial charge on any atom is -0.492 e. The summed E-state index contributed by atoms with van der Waals surface area (Å²) in [6.07, 6.45) is 1.13. The van der Waals surface area contributed by atoms with E-state index >= 15 is 0 Å². The molecule has 0 fully saturated rings. The molecule has 0 saturated heterocycles. The maximum Gasteiger partial charge on any atom is 0.119 e. The lowest BCUT2D eigenvalue weighted by molar-refractivity contribution is 0.321. The molecule has 2 aromatic carbocycles. The third kappa shape index (κ3) is 2.83. The molecule has 0 amide bonds. The van der Waals surface area contributed by atoms with Gasteiger partial charge in [-0.05, 0) is 49.2 Å². The first-order valence-electron chi connectivity index (χ1n) is 6.97. The van der Waals surface area contributed by atoms with Gasteiger partial charge >= 0.3 is 0 Å². The Hall–Kier alpha value is -1.48. The molecular formula is C17H18BrNO. The molecule has 1 atom stereocenters. The predicted molar refractivity (Wildman–Crippen MR) is 86.6 cm³/mol. The standard InChI is InChI=1S/C17H18BrNO/c1-13-12-14-4-2-3-5-17(14)19(13)10-11-20-16-8-6-15(18)7-9-16/h2-9,13H,10-12H2,1H3. The zero-order chi connectivity index (χ0) is 13.9. The summed E-state index contributed by atoms with van der Waals surface area (Å²) in [5.74, 6) is 0.924. The van der Waals surface area contributed by atoms with Crippen LogP contribution < -0.4 is 9.64 Å². The van der Waals surface area contributed by atoms with E-state index < -0.39 is 0 Å². The van der Waals surface area contributed by atoms with Crippen LogP contribution in [0.3, 0.4) is 0 Å². The quantitative estimate of drug-likeness (QED) is 0.829. The topological polar surface area (TPSA) is 12.5 Å². The minimum absolute atomic E-state index is 0.556. The molecule has 20 heavy (non-hydrogen) atoms. The van der Waals surface area contributed by atoms with E-state index in [4.69, 9.17) is 4.74 Å². The van der Waals surface area contributed by atoms with Gasteiger partial charge in [0.2, 0.25) is 0 Å². The van der Waals surface area contributed by atoms with Crippen LogP contribution >= 0.6 is 15.9 Å². The zero-order valence-electron chi connectivity index (χ0n) is 11.6. The minimum atomic E-state index is 0.556. The van der Waals surface area contributed by atoms with Crippen LogP contribution in [0, 0.1) is 0 Å². The lowest BCUT2D eigenvalue weighted by Crippen LogP contribution is -2.33. The molecule has 0 saturated carbocycles. The van der Waals surface area contributed by atoms with E-state index in [1.807, 2.05) is 24.3 Å². The van der Waals surface area contributed by atoms with Gasteiger partial charge < -0.3 is 9.64 Å². The summed E-state index contributed by atoms with van der Waals surface area (Å²) in [6.45, 7) is 3.91.